The molecule has 2 rings (SSSR count). The van der Waals surface area contributed by atoms with Gasteiger partial charge in [0, 0.05) is 56.7 Å². The molecule has 344 valence electrons. The molecule has 6 heteroatoms. The summed E-state index contributed by atoms with van der Waals surface area (Å²) in [5.74, 6) is 4.03. The first kappa shape index (κ1) is 59.0. The Kier molecular flexibility index (Phi) is 30.3. The molecule has 0 radical (unpaired) electrons. The first-order valence-corrected chi connectivity index (χ1v) is 23.2. The summed E-state index contributed by atoms with van der Waals surface area (Å²) >= 11 is 0. The van der Waals surface area contributed by atoms with Crippen molar-refractivity contribution in [3.05, 3.63) is 73.0 Å². The van der Waals surface area contributed by atoms with E-state index in [9.17, 15) is 9.59 Å². The van der Waals surface area contributed by atoms with E-state index in [1.54, 1.807) is 14.0 Å². The Morgan fingerprint density at radius 3 is 1.77 bits per heavy atom. The van der Waals surface area contributed by atoms with Crippen LogP contribution in [0.2, 0.25) is 0 Å². The monoisotopic (exact) mass is 834 g/mol. The predicted molar refractivity (Wildman–Crippen MR) is 263 cm³/mol. The highest BCUT2D eigenvalue weighted by molar-refractivity contribution is 5.81. The van der Waals surface area contributed by atoms with Crippen molar-refractivity contribution in [2.45, 2.75) is 179 Å². The molecular weight excluding hydrogens is 739 g/mol. The van der Waals surface area contributed by atoms with Crippen LogP contribution in [-0.4, -0.2) is 84.4 Å². The second-order valence-corrected chi connectivity index (χ2v) is 18.7. The predicted octanol–water partition coefficient (Wildman–Crippen LogP) is 13.0. The first-order valence-electron chi connectivity index (χ1n) is 23.2. The zero-order valence-electron chi connectivity index (χ0n) is 42.3. The summed E-state index contributed by atoms with van der Waals surface area (Å²) in [7, 11) is 5.94. The van der Waals surface area contributed by atoms with Gasteiger partial charge in [-0.05, 0) is 95.1 Å². The fourth-order valence-electron chi connectivity index (χ4n) is 9.23. The number of hydrogen-bond donors (Lipinski definition) is 0. The van der Waals surface area contributed by atoms with Crippen LogP contribution in [0.5, 0.6) is 0 Å². The van der Waals surface area contributed by atoms with Crippen LogP contribution >= 0.6 is 0 Å². The lowest BCUT2D eigenvalue weighted by atomic mass is 9.81. The molecule has 1 fully saturated rings. The van der Waals surface area contributed by atoms with Gasteiger partial charge in [-0.15, -0.1) is 19.4 Å². The van der Waals surface area contributed by atoms with Gasteiger partial charge < -0.3 is 14.5 Å². The molecule has 1 amide bonds. The lowest BCUT2D eigenvalue weighted by Gasteiger charge is -2.43. The lowest BCUT2D eigenvalue weighted by Crippen LogP contribution is -2.49. The largest absolute Gasteiger partial charge is 0.379 e. The van der Waals surface area contributed by atoms with Crippen molar-refractivity contribution in [1.82, 2.24) is 14.7 Å². The SMILES string of the molecule is C#C.C=C[C@H](C(=C)N(C)C(C(C)CC)C(CC)CC(=O)N1CCCC1C(OC)C(C)C(=C)C)C(C)C.CC(=O)C(C(C)C)N(C)C(C)C.CCC(c1ccccc1)C(C)C. The number of likely N-dealkylation sites (N-methyl/N-ethyl adjacent to an activating group) is 1. The normalized spacial score (nSPS) is 17.8. The Bertz CT molecular complexity index is 1380. The average molecular weight is 834 g/mol. The number of allylic oxidation sites excluding steroid dienone is 1. The topological polar surface area (TPSA) is 53.1 Å². The lowest BCUT2D eigenvalue weighted by molar-refractivity contribution is -0.137. The molecule has 0 aliphatic carbocycles. The van der Waals surface area contributed by atoms with Crippen LogP contribution in [0.4, 0.5) is 0 Å². The molecule has 1 aromatic carbocycles. The third-order valence-corrected chi connectivity index (χ3v) is 13.2. The highest BCUT2D eigenvalue weighted by Crippen LogP contribution is 2.35. The minimum atomic E-state index is -0.00349. The number of rotatable bonds is 22. The molecule has 0 saturated carbocycles. The number of Topliss-reactive ketones (excluding diaryl/α,β-unsaturated/α-hetero) is 1. The summed E-state index contributed by atoms with van der Waals surface area (Å²) in [4.78, 5) is 31.6. The molecule has 0 N–H and O–H groups in total. The smallest absolute Gasteiger partial charge is 0.223 e. The van der Waals surface area contributed by atoms with Crippen molar-refractivity contribution >= 4 is 11.7 Å². The number of likely N-dealkylation sites (tertiary alicyclic amines) is 1. The van der Waals surface area contributed by atoms with Gasteiger partial charge >= 0.3 is 0 Å². The van der Waals surface area contributed by atoms with Crippen LogP contribution < -0.4 is 0 Å². The van der Waals surface area contributed by atoms with Crippen LogP contribution in [0.1, 0.15) is 154 Å². The maximum Gasteiger partial charge on any atom is 0.223 e. The second kappa shape index (κ2) is 30.8. The van der Waals surface area contributed by atoms with E-state index in [4.69, 9.17) is 4.74 Å². The van der Waals surface area contributed by atoms with E-state index in [0.29, 0.717) is 30.2 Å². The van der Waals surface area contributed by atoms with Crippen LogP contribution in [0.3, 0.4) is 0 Å². The van der Waals surface area contributed by atoms with Gasteiger partial charge in [0.15, 0.2) is 0 Å². The Labute approximate surface area is 373 Å². The molecule has 6 nitrogen and oxygen atoms in total. The number of methoxy groups -OCH3 is 1. The molecule has 1 aliphatic heterocycles. The standard InChI is InChI=1S/C30H54N2O2.C12H18.C10H21NO.C2H2/c1-13-22(8)29(31(11)24(10)26(15-3)21(6)7)25(14-2)19-28(33)32-18-16-17-27(32)30(34-12)23(9)20(4)5;1-4-12(10(2)3)11-8-6-5-7-9-11;1-7(2)10(9(5)12)11(6)8(3)4;1-2/h15,21-23,25-27,29-30H,3-4,10,13-14,16-19H2,1-2,5-9,11-12H3;5-10,12H,4H2,1-3H3;7-8,10H,1-6H3;1-2H/t22?,23?,25?,26-,27?,29?,30?;;;/m0.../s1. The van der Waals surface area contributed by atoms with E-state index < -0.39 is 0 Å². The molecule has 1 heterocycles. The average Bonchev–Trinajstić information content (AvgIpc) is 3.69. The number of ketones is 1. The van der Waals surface area contributed by atoms with Gasteiger partial charge in [-0.3, -0.25) is 14.5 Å². The molecule has 1 aliphatic rings. The van der Waals surface area contributed by atoms with Gasteiger partial charge in [0.25, 0.3) is 0 Å². The maximum absolute atomic E-state index is 13.7. The number of benzene rings is 1. The maximum atomic E-state index is 13.7. The Hall–Kier alpha value is -3.14. The summed E-state index contributed by atoms with van der Waals surface area (Å²) < 4.78 is 5.92. The van der Waals surface area contributed by atoms with Gasteiger partial charge in [-0.2, -0.15) is 0 Å². The van der Waals surface area contributed by atoms with E-state index in [1.165, 1.54) is 12.0 Å². The number of nitrogens with zero attached hydrogens (tertiary/aromatic N) is 3. The minimum Gasteiger partial charge on any atom is -0.379 e. The number of carbonyl (C=O) groups excluding carboxylic acids is 2. The molecule has 1 aromatic rings. The van der Waals surface area contributed by atoms with E-state index in [1.807, 2.05) is 13.1 Å². The quantitative estimate of drug-likeness (QED) is 0.0860. The fraction of sp³-hybridized carbons (Fsp3) is 0.704. The molecule has 0 spiro atoms. The first-order chi connectivity index (χ1) is 28.1. The third-order valence-electron chi connectivity index (χ3n) is 13.2. The second-order valence-electron chi connectivity index (χ2n) is 18.7. The van der Waals surface area contributed by atoms with Crippen molar-refractivity contribution in [1.29, 1.82) is 0 Å². The molecule has 0 aromatic heterocycles. The molecule has 8 unspecified atom stereocenters. The number of terminal acetylenes is 1. The summed E-state index contributed by atoms with van der Waals surface area (Å²) in [5, 5.41) is 0. The number of hydrogen-bond acceptors (Lipinski definition) is 5. The van der Waals surface area contributed by atoms with Gasteiger partial charge in [0.2, 0.25) is 5.91 Å². The van der Waals surface area contributed by atoms with Gasteiger partial charge in [0.1, 0.15) is 5.78 Å². The zero-order valence-corrected chi connectivity index (χ0v) is 42.3. The molecule has 0 bridgehead atoms. The number of ether oxygens (including phenoxy) is 1. The Balaban J connectivity index is 0. The minimum absolute atomic E-state index is 0.00349. The van der Waals surface area contributed by atoms with Crippen LogP contribution in [0.25, 0.3) is 0 Å². The summed E-state index contributed by atoms with van der Waals surface area (Å²) in [6, 6.07) is 11.7. The van der Waals surface area contributed by atoms with Gasteiger partial charge in [-0.1, -0.05) is 144 Å². The van der Waals surface area contributed by atoms with Crippen molar-refractivity contribution < 1.29 is 14.3 Å². The van der Waals surface area contributed by atoms with E-state index in [0.717, 1.165) is 55.3 Å². The molecular formula is C54H95N3O3. The van der Waals surface area contributed by atoms with E-state index in [2.05, 4.69) is 182 Å². The molecule has 1 saturated heterocycles. The summed E-state index contributed by atoms with van der Waals surface area (Å²) in [6.07, 6.45) is 15.9. The third kappa shape index (κ3) is 18.5. The molecule has 60 heavy (non-hydrogen) atoms. The van der Waals surface area contributed by atoms with Crippen molar-refractivity contribution in [2.24, 2.45) is 41.4 Å². The fourth-order valence-corrected chi connectivity index (χ4v) is 9.23. The summed E-state index contributed by atoms with van der Waals surface area (Å²) in [6.45, 7) is 45.9. The Morgan fingerprint density at radius 1 is 0.867 bits per heavy atom. The van der Waals surface area contributed by atoms with Crippen molar-refractivity contribution in [3.63, 3.8) is 0 Å². The number of amides is 1. The number of carbonyl (C=O) groups is 2. The van der Waals surface area contributed by atoms with Gasteiger partial charge in [-0.25, -0.2) is 0 Å². The van der Waals surface area contributed by atoms with E-state index in [-0.39, 0.29) is 53.7 Å². The van der Waals surface area contributed by atoms with Crippen LogP contribution in [-0.2, 0) is 14.3 Å². The van der Waals surface area contributed by atoms with Gasteiger partial charge in [0.05, 0.1) is 18.2 Å². The van der Waals surface area contributed by atoms with E-state index >= 15 is 0 Å². The molecule has 9 atom stereocenters. The highest BCUT2D eigenvalue weighted by Gasteiger charge is 2.40. The van der Waals surface area contributed by atoms with Crippen LogP contribution in [0, 0.1) is 54.3 Å². The van der Waals surface area contributed by atoms with Crippen molar-refractivity contribution in [3.8, 4) is 12.8 Å². The highest BCUT2D eigenvalue weighted by atomic mass is 16.5. The summed E-state index contributed by atoms with van der Waals surface area (Å²) in [5.41, 5.74) is 3.70. The van der Waals surface area contributed by atoms with Crippen LogP contribution in [0.15, 0.2) is 67.4 Å². The zero-order chi connectivity index (χ0) is 47.0. The Morgan fingerprint density at radius 2 is 1.42 bits per heavy atom. The van der Waals surface area contributed by atoms with Crippen molar-refractivity contribution in [2.75, 3.05) is 27.7 Å².